The molecule has 1 aromatic rings. The fourth-order valence-corrected chi connectivity index (χ4v) is 2.80. The summed E-state index contributed by atoms with van der Waals surface area (Å²) in [6.07, 6.45) is 3.33. The average molecular weight is 241 g/mol. The Bertz CT molecular complexity index is 310. The van der Waals surface area contributed by atoms with E-state index >= 15 is 0 Å². The van der Waals surface area contributed by atoms with Crippen molar-refractivity contribution < 1.29 is 4.74 Å². The molecular weight excluding hydrogens is 222 g/mol. The molecular formula is C11H19N3OS. The molecule has 0 amide bonds. The van der Waals surface area contributed by atoms with E-state index in [4.69, 9.17) is 4.74 Å². The van der Waals surface area contributed by atoms with Gasteiger partial charge in [-0.1, -0.05) is 6.92 Å². The van der Waals surface area contributed by atoms with Crippen LogP contribution in [-0.4, -0.2) is 36.5 Å². The van der Waals surface area contributed by atoms with E-state index < -0.39 is 0 Å². The van der Waals surface area contributed by atoms with Gasteiger partial charge in [0.05, 0.1) is 6.61 Å². The molecule has 0 spiro atoms. The molecule has 1 aliphatic heterocycles. The van der Waals surface area contributed by atoms with E-state index in [0.717, 1.165) is 49.2 Å². The van der Waals surface area contributed by atoms with E-state index in [0.29, 0.717) is 5.92 Å². The van der Waals surface area contributed by atoms with Crippen molar-refractivity contribution in [2.45, 2.75) is 32.1 Å². The van der Waals surface area contributed by atoms with Gasteiger partial charge in [0.15, 0.2) is 0 Å². The molecule has 1 saturated heterocycles. The average Bonchev–Trinajstić information content (AvgIpc) is 2.79. The molecule has 1 unspecified atom stereocenters. The molecule has 0 radical (unpaired) electrons. The number of nitrogens with zero attached hydrogens (tertiary/aromatic N) is 2. The minimum atomic E-state index is 0.485. The van der Waals surface area contributed by atoms with Crippen LogP contribution < -0.4 is 5.32 Å². The van der Waals surface area contributed by atoms with Gasteiger partial charge in [-0.3, -0.25) is 0 Å². The highest BCUT2D eigenvalue weighted by Crippen LogP contribution is 2.27. The van der Waals surface area contributed by atoms with Crippen LogP contribution in [0.25, 0.3) is 0 Å². The van der Waals surface area contributed by atoms with Gasteiger partial charge < -0.3 is 10.1 Å². The van der Waals surface area contributed by atoms with Gasteiger partial charge in [0.2, 0.25) is 0 Å². The zero-order chi connectivity index (χ0) is 11.2. The monoisotopic (exact) mass is 241 g/mol. The van der Waals surface area contributed by atoms with Crippen LogP contribution in [-0.2, 0) is 11.2 Å². The number of aromatic nitrogens is 2. The molecule has 0 saturated carbocycles. The second-order valence-electron chi connectivity index (χ2n) is 4.05. The van der Waals surface area contributed by atoms with Gasteiger partial charge in [0, 0.05) is 25.5 Å². The van der Waals surface area contributed by atoms with Crippen LogP contribution >= 0.6 is 11.3 Å². The molecule has 16 heavy (non-hydrogen) atoms. The van der Waals surface area contributed by atoms with Gasteiger partial charge in [0.1, 0.15) is 10.0 Å². The van der Waals surface area contributed by atoms with Gasteiger partial charge in [0.25, 0.3) is 0 Å². The Morgan fingerprint density at radius 1 is 1.50 bits per heavy atom. The molecule has 0 aromatic carbocycles. The minimum Gasteiger partial charge on any atom is -0.381 e. The maximum Gasteiger partial charge on any atom is 0.122 e. The molecule has 2 heterocycles. The fourth-order valence-electron chi connectivity index (χ4n) is 1.84. The van der Waals surface area contributed by atoms with Crippen LogP contribution in [0.2, 0.25) is 0 Å². The lowest BCUT2D eigenvalue weighted by molar-refractivity contribution is 0.0802. The Balaban J connectivity index is 1.85. The van der Waals surface area contributed by atoms with Crippen LogP contribution in [0.5, 0.6) is 0 Å². The van der Waals surface area contributed by atoms with E-state index in [9.17, 15) is 0 Å². The van der Waals surface area contributed by atoms with Crippen LogP contribution in [0, 0.1) is 0 Å². The second kappa shape index (κ2) is 6.27. The molecule has 2 rings (SSSR count). The van der Waals surface area contributed by atoms with Crippen LogP contribution in [0.3, 0.4) is 0 Å². The lowest BCUT2D eigenvalue weighted by Gasteiger charge is -2.19. The van der Waals surface area contributed by atoms with Crippen LogP contribution in [0.4, 0.5) is 0 Å². The first kappa shape index (κ1) is 12.0. The van der Waals surface area contributed by atoms with Crippen molar-refractivity contribution in [1.82, 2.24) is 15.5 Å². The summed E-state index contributed by atoms with van der Waals surface area (Å²) in [5.74, 6) is 0.485. The molecule has 1 atom stereocenters. The number of hydrogen-bond acceptors (Lipinski definition) is 5. The van der Waals surface area contributed by atoms with E-state index in [1.54, 1.807) is 11.3 Å². The van der Waals surface area contributed by atoms with E-state index in [1.165, 1.54) is 6.42 Å². The molecule has 1 N–H and O–H groups in total. The van der Waals surface area contributed by atoms with Crippen molar-refractivity contribution in [1.29, 1.82) is 0 Å². The predicted molar refractivity (Wildman–Crippen MR) is 65.0 cm³/mol. The zero-order valence-electron chi connectivity index (χ0n) is 9.74. The summed E-state index contributed by atoms with van der Waals surface area (Å²) in [5.41, 5.74) is 0. The molecule has 0 bridgehead atoms. The largest absolute Gasteiger partial charge is 0.381 e. The molecule has 5 heteroatoms. The Morgan fingerprint density at radius 3 is 3.19 bits per heavy atom. The number of rotatable bonds is 5. The van der Waals surface area contributed by atoms with Crippen molar-refractivity contribution >= 4 is 11.3 Å². The van der Waals surface area contributed by atoms with Gasteiger partial charge in [-0.15, -0.1) is 21.5 Å². The smallest absolute Gasteiger partial charge is 0.122 e. The highest BCUT2D eigenvalue weighted by Gasteiger charge is 2.19. The van der Waals surface area contributed by atoms with Gasteiger partial charge in [-0.25, -0.2) is 0 Å². The summed E-state index contributed by atoms with van der Waals surface area (Å²) in [6, 6.07) is 0. The van der Waals surface area contributed by atoms with Crippen molar-refractivity contribution in [3.63, 3.8) is 0 Å². The summed E-state index contributed by atoms with van der Waals surface area (Å²) >= 11 is 1.75. The topological polar surface area (TPSA) is 47.0 Å². The first-order chi connectivity index (χ1) is 7.90. The van der Waals surface area contributed by atoms with E-state index in [-0.39, 0.29) is 0 Å². The Hall–Kier alpha value is -0.520. The number of ether oxygens (including phenoxy) is 1. The Labute approximate surface area is 100 Å². The first-order valence-corrected chi connectivity index (χ1v) is 6.82. The second-order valence-corrected chi connectivity index (χ2v) is 5.15. The summed E-state index contributed by atoms with van der Waals surface area (Å²) in [7, 11) is 0. The SMILES string of the molecule is CCNCCc1nnc(C2CCCOC2)s1. The summed E-state index contributed by atoms with van der Waals surface area (Å²) < 4.78 is 5.47. The summed E-state index contributed by atoms with van der Waals surface area (Å²) in [4.78, 5) is 0. The lowest BCUT2D eigenvalue weighted by Crippen LogP contribution is -2.15. The van der Waals surface area contributed by atoms with Crippen molar-refractivity contribution in [3.05, 3.63) is 10.0 Å². The summed E-state index contributed by atoms with van der Waals surface area (Å²) in [5, 5.41) is 14.1. The predicted octanol–water partition coefficient (Wildman–Crippen LogP) is 1.58. The highest BCUT2D eigenvalue weighted by molar-refractivity contribution is 7.11. The molecule has 1 aromatic heterocycles. The number of nitrogens with one attached hydrogen (secondary N) is 1. The third-order valence-corrected chi connectivity index (χ3v) is 3.90. The number of hydrogen-bond donors (Lipinski definition) is 1. The van der Waals surface area contributed by atoms with Crippen molar-refractivity contribution in [2.75, 3.05) is 26.3 Å². The molecule has 4 nitrogen and oxygen atoms in total. The molecule has 1 aliphatic rings. The van der Waals surface area contributed by atoms with Crippen LogP contribution in [0.1, 0.15) is 35.7 Å². The van der Waals surface area contributed by atoms with E-state index in [1.807, 2.05) is 0 Å². The first-order valence-electron chi connectivity index (χ1n) is 6.01. The number of likely N-dealkylation sites (N-methyl/N-ethyl adjacent to an activating group) is 1. The standard InChI is InChI=1S/C11H19N3OS/c1-2-12-6-5-10-13-14-11(16-10)9-4-3-7-15-8-9/h9,12H,2-8H2,1H3. The Kier molecular flexibility index (Phi) is 4.69. The van der Waals surface area contributed by atoms with Crippen LogP contribution in [0.15, 0.2) is 0 Å². The third kappa shape index (κ3) is 3.23. The fraction of sp³-hybridized carbons (Fsp3) is 0.818. The normalized spacial score (nSPS) is 21.2. The zero-order valence-corrected chi connectivity index (χ0v) is 10.6. The van der Waals surface area contributed by atoms with Gasteiger partial charge in [-0.05, 0) is 19.4 Å². The van der Waals surface area contributed by atoms with Crippen molar-refractivity contribution in [3.8, 4) is 0 Å². The molecule has 90 valence electrons. The summed E-state index contributed by atoms with van der Waals surface area (Å²) in [6.45, 7) is 5.85. The lowest BCUT2D eigenvalue weighted by atomic mass is 10.0. The Morgan fingerprint density at radius 2 is 2.44 bits per heavy atom. The maximum atomic E-state index is 5.47. The van der Waals surface area contributed by atoms with Gasteiger partial charge >= 0.3 is 0 Å². The minimum absolute atomic E-state index is 0.485. The highest BCUT2D eigenvalue weighted by atomic mass is 32.1. The molecule has 1 fully saturated rings. The van der Waals surface area contributed by atoms with Crippen molar-refractivity contribution in [2.24, 2.45) is 0 Å². The quantitative estimate of drug-likeness (QED) is 0.795. The third-order valence-electron chi connectivity index (χ3n) is 2.76. The molecule has 0 aliphatic carbocycles. The van der Waals surface area contributed by atoms with Gasteiger partial charge in [-0.2, -0.15) is 0 Å². The maximum absolute atomic E-state index is 5.47. The van der Waals surface area contributed by atoms with E-state index in [2.05, 4.69) is 22.4 Å².